The molecule has 0 saturated carbocycles. The highest BCUT2D eigenvalue weighted by Gasteiger charge is 2.38. The zero-order valence-electron chi connectivity index (χ0n) is 20.8. The number of carboxylic acids is 1. The van der Waals surface area contributed by atoms with E-state index in [2.05, 4.69) is 15.5 Å². The van der Waals surface area contributed by atoms with E-state index in [0.29, 0.717) is 5.69 Å². The van der Waals surface area contributed by atoms with Crippen LogP contribution in [0.3, 0.4) is 0 Å². The Balaban J connectivity index is 1.73. The molecule has 2 aromatic heterocycles. The van der Waals surface area contributed by atoms with Gasteiger partial charge in [0.15, 0.2) is 0 Å². The minimum Gasteiger partial charge on any atom is -0.495 e. The third kappa shape index (κ3) is 5.83. The number of methoxy groups -OCH3 is 1. The van der Waals surface area contributed by atoms with E-state index < -0.39 is 41.4 Å². The minimum absolute atomic E-state index is 0.0390. The number of aromatic nitrogens is 3. The lowest BCUT2D eigenvalue weighted by Gasteiger charge is -2.20. The lowest BCUT2D eigenvalue weighted by Crippen LogP contribution is -2.32. The standard InChI is InChI=1S/C26H20ClF3N4O6/c1-3-19(22(36)31-15-7-4-13(5-8-15)24(37)38)34-12-20(39-2)18(11-21(34)35)17-10-14(27)6-9-16(17)23-32-33-25(40-23)26(28,29)30/h4-12,19H,3H2,1-2H3,(H,31,36)(H,37,38). The van der Waals surface area contributed by atoms with Crippen molar-refractivity contribution in [3.05, 3.63) is 81.6 Å². The topological polar surface area (TPSA) is 137 Å². The normalized spacial score (nSPS) is 12.2. The van der Waals surface area contributed by atoms with Gasteiger partial charge in [-0.05, 0) is 54.4 Å². The van der Waals surface area contributed by atoms with Crippen molar-refractivity contribution in [2.24, 2.45) is 0 Å². The third-order valence-corrected chi connectivity index (χ3v) is 6.09. The molecular weight excluding hydrogens is 557 g/mol. The summed E-state index contributed by atoms with van der Waals surface area (Å²) < 4.78 is 50.6. The second-order valence-electron chi connectivity index (χ2n) is 8.40. The molecule has 0 radical (unpaired) electrons. The number of nitrogens with one attached hydrogen (secondary N) is 1. The minimum atomic E-state index is -4.86. The number of anilines is 1. The van der Waals surface area contributed by atoms with Crippen molar-refractivity contribution >= 4 is 29.2 Å². The molecule has 0 fully saturated rings. The van der Waals surface area contributed by atoms with Crippen molar-refractivity contribution in [1.82, 2.24) is 14.8 Å². The van der Waals surface area contributed by atoms with E-state index in [-0.39, 0.29) is 39.4 Å². The molecular formula is C26H20ClF3N4O6. The number of carboxylic acid groups (broad SMARTS) is 1. The van der Waals surface area contributed by atoms with Gasteiger partial charge in [-0.25, -0.2) is 4.79 Å². The summed E-state index contributed by atoms with van der Waals surface area (Å²) in [5.74, 6) is -3.55. The third-order valence-electron chi connectivity index (χ3n) is 5.86. The zero-order valence-corrected chi connectivity index (χ0v) is 21.6. The van der Waals surface area contributed by atoms with E-state index in [4.69, 9.17) is 25.9 Å². The number of amides is 1. The average molecular weight is 577 g/mol. The van der Waals surface area contributed by atoms with Crippen LogP contribution in [0, 0.1) is 0 Å². The van der Waals surface area contributed by atoms with E-state index in [1.807, 2.05) is 0 Å². The Morgan fingerprint density at radius 1 is 1.10 bits per heavy atom. The Kier molecular flexibility index (Phi) is 7.96. The lowest BCUT2D eigenvalue weighted by molar-refractivity contribution is -0.157. The molecule has 14 heteroatoms. The second kappa shape index (κ2) is 11.2. The summed E-state index contributed by atoms with van der Waals surface area (Å²) in [4.78, 5) is 37.4. The van der Waals surface area contributed by atoms with Crippen molar-refractivity contribution < 1.29 is 37.0 Å². The number of carbonyl (C=O) groups excluding carboxylic acids is 1. The average Bonchev–Trinajstić information content (AvgIpc) is 3.41. The molecule has 2 heterocycles. The van der Waals surface area contributed by atoms with E-state index in [1.165, 1.54) is 55.8 Å². The number of hydrogen-bond donors (Lipinski definition) is 2. The maximum absolute atomic E-state index is 13.3. The van der Waals surface area contributed by atoms with Crippen LogP contribution in [0.15, 0.2) is 63.9 Å². The van der Waals surface area contributed by atoms with Gasteiger partial charge in [-0.15, -0.1) is 10.2 Å². The molecule has 1 unspecified atom stereocenters. The number of carbonyl (C=O) groups is 2. The molecule has 1 amide bonds. The first-order valence-electron chi connectivity index (χ1n) is 11.6. The monoisotopic (exact) mass is 576 g/mol. The van der Waals surface area contributed by atoms with Crippen molar-refractivity contribution in [2.75, 3.05) is 12.4 Å². The van der Waals surface area contributed by atoms with Crippen LogP contribution in [0.4, 0.5) is 18.9 Å². The van der Waals surface area contributed by atoms with Gasteiger partial charge in [0.2, 0.25) is 11.8 Å². The predicted octanol–water partition coefficient (Wildman–Crippen LogP) is 5.53. The first kappa shape index (κ1) is 28.4. The molecule has 0 aliphatic heterocycles. The zero-order chi connectivity index (χ0) is 29.2. The molecule has 2 aromatic carbocycles. The van der Waals surface area contributed by atoms with Gasteiger partial charge in [-0.3, -0.25) is 14.2 Å². The quantitative estimate of drug-likeness (QED) is 0.279. The summed E-state index contributed by atoms with van der Waals surface area (Å²) in [6.45, 7) is 1.69. The van der Waals surface area contributed by atoms with Crippen LogP contribution in [-0.2, 0) is 11.0 Å². The van der Waals surface area contributed by atoms with Crippen LogP contribution < -0.4 is 15.6 Å². The number of hydrogen-bond acceptors (Lipinski definition) is 7. The SMILES string of the molecule is CCC(C(=O)Nc1ccc(C(=O)O)cc1)n1cc(OC)c(-c2cc(Cl)ccc2-c2nnc(C(F)(F)F)o2)cc1=O. The fourth-order valence-electron chi connectivity index (χ4n) is 3.95. The van der Waals surface area contributed by atoms with Crippen LogP contribution in [0.25, 0.3) is 22.6 Å². The smallest absolute Gasteiger partial charge is 0.470 e. The number of aromatic carboxylic acids is 1. The number of nitrogens with zero attached hydrogens (tertiary/aromatic N) is 3. The van der Waals surface area contributed by atoms with E-state index in [0.717, 1.165) is 10.6 Å². The van der Waals surface area contributed by atoms with Gasteiger partial charge in [0, 0.05) is 27.9 Å². The highest BCUT2D eigenvalue weighted by molar-refractivity contribution is 6.31. The van der Waals surface area contributed by atoms with Gasteiger partial charge in [0.05, 0.1) is 18.9 Å². The van der Waals surface area contributed by atoms with Gasteiger partial charge in [-0.2, -0.15) is 13.2 Å². The number of alkyl halides is 3. The molecule has 0 spiro atoms. The van der Waals surface area contributed by atoms with Crippen molar-refractivity contribution in [3.63, 3.8) is 0 Å². The van der Waals surface area contributed by atoms with Gasteiger partial charge < -0.3 is 19.6 Å². The highest BCUT2D eigenvalue weighted by Crippen LogP contribution is 2.39. The van der Waals surface area contributed by atoms with Gasteiger partial charge in [0.1, 0.15) is 11.8 Å². The number of ether oxygens (including phenoxy) is 1. The first-order chi connectivity index (χ1) is 18.9. The molecule has 4 rings (SSSR count). The summed E-state index contributed by atoms with van der Waals surface area (Å²) in [5, 5.41) is 18.5. The van der Waals surface area contributed by atoms with Crippen LogP contribution in [-0.4, -0.2) is 38.9 Å². The molecule has 1 atom stereocenters. The van der Waals surface area contributed by atoms with Crippen LogP contribution in [0.2, 0.25) is 5.02 Å². The first-order valence-corrected chi connectivity index (χ1v) is 12.0. The number of benzene rings is 2. The van der Waals surface area contributed by atoms with Gasteiger partial charge in [-0.1, -0.05) is 18.5 Å². The molecule has 40 heavy (non-hydrogen) atoms. The molecule has 4 aromatic rings. The maximum atomic E-state index is 13.3. The van der Waals surface area contributed by atoms with Gasteiger partial charge >= 0.3 is 18.0 Å². The van der Waals surface area contributed by atoms with E-state index in [9.17, 15) is 27.6 Å². The summed E-state index contributed by atoms with van der Waals surface area (Å²) >= 11 is 6.16. The fourth-order valence-corrected chi connectivity index (χ4v) is 4.12. The number of pyridine rings is 1. The molecule has 0 saturated heterocycles. The number of halogens is 4. The van der Waals surface area contributed by atoms with Crippen molar-refractivity contribution in [3.8, 4) is 28.3 Å². The van der Waals surface area contributed by atoms with E-state index >= 15 is 0 Å². The van der Waals surface area contributed by atoms with Crippen LogP contribution in [0.5, 0.6) is 5.75 Å². The van der Waals surface area contributed by atoms with E-state index in [1.54, 1.807) is 6.92 Å². The maximum Gasteiger partial charge on any atom is 0.470 e. The largest absolute Gasteiger partial charge is 0.495 e. The Morgan fingerprint density at radius 2 is 1.80 bits per heavy atom. The summed E-state index contributed by atoms with van der Waals surface area (Å²) in [7, 11) is 1.32. The van der Waals surface area contributed by atoms with Crippen LogP contribution >= 0.6 is 11.6 Å². The highest BCUT2D eigenvalue weighted by atomic mass is 35.5. The lowest BCUT2D eigenvalue weighted by atomic mass is 9.99. The van der Waals surface area contributed by atoms with Gasteiger partial charge in [0.25, 0.3) is 5.56 Å². The summed E-state index contributed by atoms with van der Waals surface area (Å²) in [5.41, 5.74) is 0.155. The Morgan fingerprint density at radius 3 is 2.38 bits per heavy atom. The predicted molar refractivity (Wildman–Crippen MR) is 137 cm³/mol. The fraction of sp³-hybridized carbons (Fsp3) is 0.192. The summed E-state index contributed by atoms with van der Waals surface area (Å²) in [6.07, 6.45) is -3.35. The molecule has 10 nitrogen and oxygen atoms in total. The molecule has 0 aliphatic carbocycles. The van der Waals surface area contributed by atoms with Crippen molar-refractivity contribution in [2.45, 2.75) is 25.6 Å². The summed E-state index contributed by atoms with van der Waals surface area (Å²) in [6, 6.07) is 9.84. The second-order valence-corrected chi connectivity index (χ2v) is 8.83. The Hall–Kier alpha value is -4.65. The van der Waals surface area contributed by atoms with Crippen molar-refractivity contribution in [1.29, 1.82) is 0 Å². The molecule has 2 N–H and O–H groups in total. The Bertz CT molecular complexity index is 1630. The Labute approximate surface area is 229 Å². The molecule has 208 valence electrons. The molecule has 0 aliphatic rings. The molecule has 0 bridgehead atoms. The number of rotatable bonds is 8. The van der Waals surface area contributed by atoms with Crippen LogP contribution in [0.1, 0.15) is 35.6 Å².